The number of nitrogen functional groups attached to an aromatic ring is 1. The van der Waals surface area contributed by atoms with Crippen LogP contribution in [-0.4, -0.2) is 11.4 Å². The lowest BCUT2D eigenvalue weighted by Gasteiger charge is -2.34. The van der Waals surface area contributed by atoms with Gasteiger partial charge in [-0.05, 0) is 70.8 Å². The fraction of sp³-hybridized carbons (Fsp3) is 0.294. The number of benzene rings is 2. The van der Waals surface area contributed by atoms with Gasteiger partial charge in [-0.3, -0.25) is 4.90 Å². The molecule has 20 heavy (non-hydrogen) atoms. The Balaban J connectivity index is 1.81. The molecule has 0 spiro atoms. The van der Waals surface area contributed by atoms with Crippen LogP contribution in [0.3, 0.4) is 0 Å². The normalized spacial score (nSPS) is 16.7. The topological polar surface area (TPSA) is 29.3 Å². The molecule has 0 saturated carbocycles. The van der Waals surface area contributed by atoms with E-state index in [1.165, 1.54) is 20.3 Å². The predicted octanol–water partition coefficient (Wildman–Crippen LogP) is 3.99. The van der Waals surface area contributed by atoms with E-state index in [0.717, 1.165) is 25.2 Å². The van der Waals surface area contributed by atoms with Crippen molar-refractivity contribution >= 4 is 28.3 Å². The lowest BCUT2D eigenvalue weighted by Crippen LogP contribution is -2.33. The van der Waals surface area contributed by atoms with Gasteiger partial charge in [0.05, 0.1) is 0 Å². The molecule has 1 aliphatic heterocycles. The quantitative estimate of drug-likeness (QED) is 0.633. The molecule has 1 heterocycles. The first-order chi connectivity index (χ1) is 9.65. The summed E-state index contributed by atoms with van der Waals surface area (Å²) in [6, 6.07) is 15.6. The van der Waals surface area contributed by atoms with Gasteiger partial charge in [0.15, 0.2) is 0 Å². The van der Waals surface area contributed by atoms with E-state index in [0.29, 0.717) is 6.04 Å². The van der Waals surface area contributed by atoms with Gasteiger partial charge in [-0.15, -0.1) is 0 Å². The van der Waals surface area contributed by atoms with Crippen molar-refractivity contribution in [3.63, 3.8) is 0 Å². The van der Waals surface area contributed by atoms with Crippen molar-refractivity contribution in [2.45, 2.75) is 25.9 Å². The maximum absolute atomic E-state index is 6.07. The van der Waals surface area contributed by atoms with Gasteiger partial charge in [0.25, 0.3) is 0 Å². The molecule has 0 aliphatic carbocycles. The Kier molecular flexibility index (Phi) is 3.98. The summed E-state index contributed by atoms with van der Waals surface area (Å²) < 4.78 is 1.29. The third kappa shape index (κ3) is 2.69. The van der Waals surface area contributed by atoms with Crippen LogP contribution in [-0.2, 0) is 13.0 Å². The van der Waals surface area contributed by atoms with E-state index in [9.17, 15) is 0 Å². The number of anilines is 1. The monoisotopic (exact) mass is 378 g/mol. The zero-order valence-electron chi connectivity index (χ0n) is 11.6. The molecule has 0 saturated heterocycles. The van der Waals surface area contributed by atoms with E-state index >= 15 is 0 Å². The molecule has 0 bridgehead atoms. The van der Waals surface area contributed by atoms with Crippen molar-refractivity contribution in [2.75, 3.05) is 12.3 Å². The molecule has 0 fully saturated rings. The fourth-order valence-corrected chi connectivity index (χ4v) is 3.30. The van der Waals surface area contributed by atoms with Gasteiger partial charge < -0.3 is 5.73 Å². The molecule has 3 rings (SSSR count). The van der Waals surface area contributed by atoms with E-state index in [1.54, 1.807) is 0 Å². The van der Waals surface area contributed by atoms with Crippen LogP contribution in [0.25, 0.3) is 0 Å². The zero-order valence-corrected chi connectivity index (χ0v) is 13.8. The summed E-state index contributed by atoms with van der Waals surface area (Å²) in [5.74, 6) is 0. The van der Waals surface area contributed by atoms with Crippen LogP contribution in [0.5, 0.6) is 0 Å². The van der Waals surface area contributed by atoms with Crippen LogP contribution in [0.2, 0.25) is 0 Å². The Hall–Kier alpha value is -1.07. The van der Waals surface area contributed by atoms with Gasteiger partial charge in [0.2, 0.25) is 0 Å². The third-order valence-corrected chi connectivity index (χ3v) is 4.95. The van der Waals surface area contributed by atoms with Gasteiger partial charge in [-0.2, -0.15) is 0 Å². The largest absolute Gasteiger partial charge is 0.398 e. The van der Waals surface area contributed by atoms with E-state index in [-0.39, 0.29) is 0 Å². The minimum atomic E-state index is 0.446. The van der Waals surface area contributed by atoms with Crippen LogP contribution in [0.4, 0.5) is 5.69 Å². The second-order valence-corrected chi connectivity index (χ2v) is 6.68. The van der Waals surface area contributed by atoms with Gasteiger partial charge in [0.1, 0.15) is 0 Å². The van der Waals surface area contributed by atoms with Crippen molar-refractivity contribution < 1.29 is 0 Å². The van der Waals surface area contributed by atoms with Crippen molar-refractivity contribution in [1.29, 1.82) is 0 Å². The Morgan fingerprint density at radius 2 is 1.90 bits per heavy atom. The minimum Gasteiger partial charge on any atom is -0.398 e. The highest BCUT2D eigenvalue weighted by Gasteiger charge is 2.22. The molecule has 3 heteroatoms. The van der Waals surface area contributed by atoms with Gasteiger partial charge in [-0.25, -0.2) is 0 Å². The number of halogens is 1. The summed E-state index contributed by atoms with van der Waals surface area (Å²) in [5, 5.41) is 0. The van der Waals surface area contributed by atoms with Gasteiger partial charge in [-0.1, -0.05) is 24.3 Å². The minimum absolute atomic E-state index is 0.446. The van der Waals surface area contributed by atoms with Crippen LogP contribution >= 0.6 is 22.6 Å². The van der Waals surface area contributed by atoms with Crippen molar-refractivity contribution in [3.05, 3.63) is 62.7 Å². The first kappa shape index (κ1) is 13.9. The van der Waals surface area contributed by atoms with Gasteiger partial charge >= 0.3 is 0 Å². The zero-order chi connectivity index (χ0) is 14.1. The molecule has 2 nitrogen and oxygen atoms in total. The molecule has 2 aromatic rings. The molecular formula is C17H19IN2. The average molecular weight is 378 g/mol. The Bertz CT molecular complexity index is 607. The Labute approximate surface area is 134 Å². The van der Waals surface area contributed by atoms with Crippen LogP contribution < -0.4 is 5.73 Å². The van der Waals surface area contributed by atoms with Crippen molar-refractivity contribution in [3.8, 4) is 0 Å². The maximum atomic E-state index is 6.07. The molecule has 2 N–H and O–H groups in total. The number of hydrogen-bond acceptors (Lipinski definition) is 2. The number of hydrogen-bond donors (Lipinski definition) is 1. The van der Waals surface area contributed by atoms with Crippen LogP contribution in [0.1, 0.15) is 29.7 Å². The number of rotatable bonds is 2. The molecular weight excluding hydrogens is 359 g/mol. The van der Waals surface area contributed by atoms with E-state index in [1.807, 2.05) is 6.07 Å². The Morgan fingerprint density at radius 1 is 1.15 bits per heavy atom. The summed E-state index contributed by atoms with van der Waals surface area (Å²) >= 11 is 2.35. The number of nitrogens with zero attached hydrogens (tertiary/aromatic N) is 1. The lowest BCUT2D eigenvalue weighted by atomic mass is 9.95. The molecule has 0 amide bonds. The summed E-state index contributed by atoms with van der Waals surface area (Å²) in [6.45, 7) is 4.36. The molecule has 2 aromatic carbocycles. The maximum Gasteiger partial charge on any atom is 0.0350 e. The molecule has 0 aromatic heterocycles. The third-order valence-electron chi connectivity index (χ3n) is 4.23. The summed E-state index contributed by atoms with van der Waals surface area (Å²) in [6.07, 6.45) is 1.05. The highest BCUT2D eigenvalue weighted by molar-refractivity contribution is 14.1. The van der Waals surface area contributed by atoms with Gasteiger partial charge in [0, 0.05) is 28.4 Å². The Morgan fingerprint density at radius 3 is 2.65 bits per heavy atom. The van der Waals surface area contributed by atoms with Crippen molar-refractivity contribution in [1.82, 2.24) is 4.90 Å². The van der Waals surface area contributed by atoms with Crippen molar-refractivity contribution in [2.24, 2.45) is 0 Å². The second kappa shape index (κ2) is 5.74. The van der Waals surface area contributed by atoms with Crippen LogP contribution in [0.15, 0.2) is 42.5 Å². The molecule has 104 valence electrons. The van der Waals surface area contributed by atoms with Crippen LogP contribution in [0, 0.1) is 3.57 Å². The highest BCUT2D eigenvalue weighted by Crippen LogP contribution is 2.30. The smallest absolute Gasteiger partial charge is 0.0350 e. The first-order valence-corrected chi connectivity index (χ1v) is 8.09. The lowest BCUT2D eigenvalue weighted by molar-refractivity contribution is 0.192. The van der Waals surface area contributed by atoms with E-state index in [2.05, 4.69) is 70.8 Å². The SMILES string of the molecule is CC(c1ccc(I)cc1)N1CCc2c(N)cccc2C1. The number of fused-ring (bicyclic) bond motifs is 1. The molecule has 0 radical (unpaired) electrons. The standard InChI is InChI=1S/C17H19IN2/c1-12(13-5-7-15(18)8-6-13)20-10-9-16-14(11-20)3-2-4-17(16)19/h2-8,12H,9-11,19H2,1H3. The summed E-state index contributed by atoms with van der Waals surface area (Å²) in [7, 11) is 0. The second-order valence-electron chi connectivity index (χ2n) is 5.43. The summed E-state index contributed by atoms with van der Waals surface area (Å²) in [4.78, 5) is 2.53. The molecule has 1 unspecified atom stereocenters. The van der Waals surface area contributed by atoms with E-state index in [4.69, 9.17) is 5.73 Å². The first-order valence-electron chi connectivity index (χ1n) is 7.01. The molecule has 1 aliphatic rings. The number of nitrogens with two attached hydrogens (primary N) is 1. The van der Waals surface area contributed by atoms with E-state index < -0.39 is 0 Å². The predicted molar refractivity (Wildman–Crippen MR) is 92.5 cm³/mol. The average Bonchev–Trinajstić information content (AvgIpc) is 2.47. The summed E-state index contributed by atoms with van der Waals surface area (Å²) in [5.41, 5.74) is 11.1. The fourth-order valence-electron chi connectivity index (χ4n) is 2.94. The highest BCUT2D eigenvalue weighted by atomic mass is 127. The molecule has 1 atom stereocenters.